The minimum atomic E-state index is -4.42. The number of aromatic nitrogens is 2. The van der Waals surface area contributed by atoms with Gasteiger partial charge in [0.2, 0.25) is 0 Å². The lowest BCUT2D eigenvalue weighted by Crippen LogP contribution is -2.35. The zero-order valence-electron chi connectivity index (χ0n) is 11.7. The highest BCUT2D eigenvalue weighted by Crippen LogP contribution is 2.35. The van der Waals surface area contributed by atoms with Gasteiger partial charge in [-0.15, -0.1) is 0 Å². The molecule has 0 radical (unpaired) electrons. The van der Waals surface area contributed by atoms with Crippen LogP contribution in [-0.4, -0.2) is 22.6 Å². The molecule has 3 heterocycles. The summed E-state index contributed by atoms with van der Waals surface area (Å²) in [5, 5.41) is 0.0502. The number of hydrogen-bond acceptors (Lipinski definition) is 2. The fraction of sp³-hybridized carbons (Fsp3) is 0.400. The Balaban J connectivity index is 1.71. The molecule has 118 valence electrons. The molecule has 1 fully saturated rings. The van der Waals surface area contributed by atoms with Crippen molar-refractivity contribution < 1.29 is 13.2 Å². The number of hydrogen-bond donors (Lipinski definition) is 0. The normalized spacial score (nSPS) is 17.0. The maximum atomic E-state index is 12.6. The van der Waals surface area contributed by atoms with Crippen LogP contribution in [0.3, 0.4) is 0 Å². The van der Waals surface area contributed by atoms with E-state index in [1.165, 1.54) is 0 Å². The molecule has 0 spiro atoms. The number of piperidine rings is 1. The van der Waals surface area contributed by atoms with Crippen LogP contribution in [0.15, 0.2) is 36.8 Å². The van der Waals surface area contributed by atoms with E-state index in [0.717, 1.165) is 38.2 Å². The summed E-state index contributed by atoms with van der Waals surface area (Å²) in [6.45, 7) is 1.45. The van der Waals surface area contributed by atoms with Crippen molar-refractivity contribution in [2.45, 2.75) is 25.1 Å². The lowest BCUT2D eigenvalue weighted by atomic mass is 10.0. The van der Waals surface area contributed by atoms with Gasteiger partial charge in [-0.25, -0.2) is 4.98 Å². The van der Waals surface area contributed by atoms with Gasteiger partial charge in [0.25, 0.3) is 0 Å². The summed E-state index contributed by atoms with van der Waals surface area (Å²) in [5.74, 6) is 0.431. The van der Waals surface area contributed by atoms with Crippen molar-refractivity contribution in [2.75, 3.05) is 18.0 Å². The molecule has 1 aliphatic heterocycles. The van der Waals surface area contributed by atoms with E-state index < -0.39 is 11.7 Å². The number of anilines is 1. The molecular formula is C15H15ClF3N3. The van der Waals surface area contributed by atoms with Gasteiger partial charge in [-0.05, 0) is 31.0 Å². The second kappa shape index (κ2) is 5.83. The van der Waals surface area contributed by atoms with Gasteiger partial charge >= 0.3 is 6.18 Å². The molecule has 0 amide bonds. The van der Waals surface area contributed by atoms with Gasteiger partial charge in [-0.3, -0.25) is 0 Å². The zero-order valence-corrected chi connectivity index (χ0v) is 12.5. The third-order valence-electron chi connectivity index (χ3n) is 3.96. The summed E-state index contributed by atoms with van der Waals surface area (Å²) in [6, 6.07) is 5.34. The third kappa shape index (κ3) is 3.06. The van der Waals surface area contributed by atoms with Crippen LogP contribution in [0, 0.1) is 0 Å². The summed E-state index contributed by atoms with van der Waals surface area (Å²) < 4.78 is 40.1. The molecule has 1 saturated heterocycles. The molecule has 7 heteroatoms. The number of nitrogens with zero attached hydrogens (tertiary/aromatic N) is 3. The highest BCUT2D eigenvalue weighted by molar-refractivity contribution is 6.33. The molecule has 1 aliphatic rings. The minimum Gasteiger partial charge on any atom is -0.355 e. The summed E-state index contributed by atoms with van der Waals surface area (Å²) in [7, 11) is 0. The molecule has 0 aliphatic carbocycles. The first-order chi connectivity index (χ1) is 10.4. The average molecular weight is 330 g/mol. The van der Waals surface area contributed by atoms with Gasteiger partial charge in [0.05, 0.1) is 10.6 Å². The standard InChI is InChI=1S/C15H15ClF3N3/c16-13-9-11(15(17,18)19)10-20-14(13)22-7-3-12(4-8-22)21-5-1-2-6-21/h1-2,5-6,9-10,12H,3-4,7-8H2. The molecule has 2 aromatic heterocycles. The molecule has 0 N–H and O–H groups in total. The highest BCUT2D eigenvalue weighted by Gasteiger charge is 2.32. The fourth-order valence-corrected chi connectivity index (χ4v) is 3.07. The van der Waals surface area contributed by atoms with Gasteiger partial charge in [0.1, 0.15) is 5.82 Å². The Morgan fingerprint density at radius 3 is 2.32 bits per heavy atom. The van der Waals surface area contributed by atoms with Crippen LogP contribution in [0.25, 0.3) is 0 Å². The molecule has 22 heavy (non-hydrogen) atoms. The van der Waals surface area contributed by atoms with Crippen molar-refractivity contribution in [2.24, 2.45) is 0 Å². The van der Waals surface area contributed by atoms with Crippen molar-refractivity contribution in [3.05, 3.63) is 47.4 Å². The van der Waals surface area contributed by atoms with E-state index in [1.54, 1.807) is 0 Å². The first-order valence-corrected chi connectivity index (χ1v) is 7.43. The molecule has 3 rings (SSSR count). The third-order valence-corrected chi connectivity index (χ3v) is 4.24. The van der Waals surface area contributed by atoms with E-state index in [9.17, 15) is 13.2 Å². The predicted octanol–water partition coefficient (Wildman–Crippen LogP) is 4.40. The van der Waals surface area contributed by atoms with Crippen molar-refractivity contribution in [3.63, 3.8) is 0 Å². The van der Waals surface area contributed by atoms with Gasteiger partial charge in [0.15, 0.2) is 0 Å². The first-order valence-electron chi connectivity index (χ1n) is 7.05. The van der Waals surface area contributed by atoms with E-state index >= 15 is 0 Å². The molecule has 0 unspecified atom stereocenters. The van der Waals surface area contributed by atoms with Crippen LogP contribution < -0.4 is 4.90 Å². The Hall–Kier alpha value is -1.69. The van der Waals surface area contributed by atoms with Crippen LogP contribution in [0.5, 0.6) is 0 Å². The Labute approximate surface area is 131 Å². The topological polar surface area (TPSA) is 21.1 Å². The van der Waals surface area contributed by atoms with Crippen LogP contribution >= 0.6 is 11.6 Å². The summed E-state index contributed by atoms with van der Waals surface area (Å²) in [5.41, 5.74) is -0.816. The van der Waals surface area contributed by atoms with E-state index in [4.69, 9.17) is 11.6 Å². The van der Waals surface area contributed by atoms with Gasteiger partial charge in [-0.1, -0.05) is 11.6 Å². The summed E-state index contributed by atoms with van der Waals surface area (Å²) >= 11 is 6.00. The lowest BCUT2D eigenvalue weighted by Gasteiger charge is -2.34. The molecule has 0 bridgehead atoms. The number of alkyl halides is 3. The fourth-order valence-electron chi connectivity index (χ4n) is 2.79. The number of rotatable bonds is 2. The van der Waals surface area contributed by atoms with Crippen molar-refractivity contribution in [1.82, 2.24) is 9.55 Å². The Kier molecular flexibility index (Phi) is 4.04. The van der Waals surface area contributed by atoms with E-state index in [-0.39, 0.29) is 5.02 Å². The maximum absolute atomic E-state index is 12.6. The van der Waals surface area contributed by atoms with E-state index in [2.05, 4.69) is 9.55 Å². The minimum absolute atomic E-state index is 0.0502. The molecule has 0 aromatic carbocycles. The zero-order chi connectivity index (χ0) is 15.7. The monoisotopic (exact) mass is 329 g/mol. The second-order valence-electron chi connectivity index (χ2n) is 5.38. The van der Waals surface area contributed by atoms with Crippen molar-refractivity contribution in [1.29, 1.82) is 0 Å². The first kappa shape index (κ1) is 15.2. The van der Waals surface area contributed by atoms with Gasteiger partial charge in [0, 0.05) is 37.7 Å². The van der Waals surface area contributed by atoms with Crippen molar-refractivity contribution in [3.8, 4) is 0 Å². The van der Waals surface area contributed by atoms with Crippen molar-refractivity contribution >= 4 is 17.4 Å². The van der Waals surface area contributed by atoms with E-state index in [1.807, 2.05) is 29.4 Å². The van der Waals surface area contributed by atoms with E-state index in [0.29, 0.717) is 11.9 Å². The summed E-state index contributed by atoms with van der Waals surface area (Å²) in [4.78, 5) is 5.87. The number of halogens is 4. The van der Waals surface area contributed by atoms with Crippen LogP contribution in [0.4, 0.5) is 19.0 Å². The quantitative estimate of drug-likeness (QED) is 0.814. The average Bonchev–Trinajstić information content (AvgIpc) is 3.01. The molecule has 0 atom stereocenters. The lowest BCUT2D eigenvalue weighted by molar-refractivity contribution is -0.137. The second-order valence-corrected chi connectivity index (χ2v) is 5.78. The SMILES string of the molecule is FC(F)(F)c1cnc(N2CCC(n3cccc3)CC2)c(Cl)c1. The Morgan fingerprint density at radius 1 is 1.14 bits per heavy atom. The van der Waals surface area contributed by atoms with Crippen LogP contribution in [0.1, 0.15) is 24.4 Å². The van der Waals surface area contributed by atoms with Crippen LogP contribution in [-0.2, 0) is 6.18 Å². The smallest absolute Gasteiger partial charge is 0.355 e. The largest absolute Gasteiger partial charge is 0.417 e. The molecular weight excluding hydrogens is 315 g/mol. The van der Waals surface area contributed by atoms with Crippen LogP contribution in [0.2, 0.25) is 5.02 Å². The summed E-state index contributed by atoms with van der Waals surface area (Å²) in [6.07, 6.45) is 2.31. The Morgan fingerprint density at radius 2 is 1.77 bits per heavy atom. The predicted molar refractivity (Wildman–Crippen MR) is 79.2 cm³/mol. The molecule has 2 aromatic rings. The maximum Gasteiger partial charge on any atom is 0.417 e. The molecule has 0 saturated carbocycles. The highest BCUT2D eigenvalue weighted by atomic mass is 35.5. The van der Waals surface area contributed by atoms with Gasteiger partial charge < -0.3 is 9.47 Å². The van der Waals surface area contributed by atoms with Gasteiger partial charge in [-0.2, -0.15) is 13.2 Å². The number of pyridine rings is 1. The molecule has 3 nitrogen and oxygen atoms in total. The Bertz CT molecular complexity index is 632.